The summed E-state index contributed by atoms with van der Waals surface area (Å²) in [6.07, 6.45) is 22.2. The monoisotopic (exact) mass is 444 g/mol. The van der Waals surface area contributed by atoms with Gasteiger partial charge in [-0.25, -0.2) is 0 Å². The minimum Gasteiger partial charge on any atom is -0.400 e. The molecule has 0 radical (unpaired) electrons. The second kappa shape index (κ2) is 9.00. The molecule has 1 N–H and O–H groups in total. The molecule has 182 valence electrons. The Bertz CT molecular complexity index is 689. The lowest BCUT2D eigenvalue weighted by atomic mass is 9.44. The highest BCUT2D eigenvalue weighted by Crippen LogP contribution is 2.68. The highest BCUT2D eigenvalue weighted by Gasteiger charge is 2.61. The van der Waals surface area contributed by atoms with Gasteiger partial charge in [0, 0.05) is 20.0 Å². The van der Waals surface area contributed by atoms with Gasteiger partial charge in [-0.15, -0.1) is 0 Å². The predicted molar refractivity (Wildman–Crippen MR) is 129 cm³/mol. The quantitative estimate of drug-likeness (QED) is 0.379. The van der Waals surface area contributed by atoms with Crippen molar-refractivity contribution in [1.82, 2.24) is 0 Å². The Balaban J connectivity index is 0.00000105. The van der Waals surface area contributed by atoms with E-state index >= 15 is 0 Å². The van der Waals surface area contributed by atoms with Crippen LogP contribution in [0.4, 0.5) is 0 Å². The molecule has 0 amide bonds. The van der Waals surface area contributed by atoms with E-state index in [0.717, 1.165) is 56.3 Å². The van der Waals surface area contributed by atoms with Gasteiger partial charge in [0.2, 0.25) is 0 Å². The third-order valence-electron chi connectivity index (χ3n) is 11.4. The fraction of sp³-hybridized carbons (Fsp3) is 0.931. The minimum absolute atomic E-state index is 0.200. The van der Waals surface area contributed by atoms with Gasteiger partial charge < -0.3 is 14.6 Å². The van der Waals surface area contributed by atoms with Crippen molar-refractivity contribution in [2.75, 3.05) is 20.3 Å². The Hall–Kier alpha value is -0.380. The molecule has 1 heterocycles. The fourth-order valence-electron chi connectivity index (χ4n) is 9.49. The molecule has 3 nitrogen and oxygen atoms in total. The molecule has 6 aliphatic rings. The number of hydrogen-bond acceptors (Lipinski definition) is 3. The predicted octanol–water partition coefficient (Wildman–Crippen LogP) is 6.89. The third-order valence-corrected chi connectivity index (χ3v) is 11.4. The Labute approximate surface area is 196 Å². The molecule has 0 aromatic carbocycles. The van der Waals surface area contributed by atoms with Gasteiger partial charge >= 0.3 is 0 Å². The highest BCUT2D eigenvalue weighted by molar-refractivity contribution is 5.16. The van der Waals surface area contributed by atoms with Gasteiger partial charge in [-0.3, -0.25) is 0 Å². The number of allylic oxidation sites excluding steroid dienone is 2. The van der Waals surface area contributed by atoms with E-state index in [2.05, 4.69) is 19.9 Å². The van der Waals surface area contributed by atoms with Crippen LogP contribution in [0.15, 0.2) is 11.6 Å². The van der Waals surface area contributed by atoms with E-state index in [1.54, 1.807) is 5.57 Å². The summed E-state index contributed by atoms with van der Waals surface area (Å²) < 4.78 is 12.3. The van der Waals surface area contributed by atoms with Gasteiger partial charge in [-0.1, -0.05) is 25.5 Å². The highest BCUT2D eigenvalue weighted by atomic mass is 16.7. The van der Waals surface area contributed by atoms with Crippen molar-refractivity contribution in [3.63, 3.8) is 0 Å². The zero-order valence-electron chi connectivity index (χ0n) is 21.0. The van der Waals surface area contributed by atoms with Crippen LogP contribution in [0.1, 0.15) is 104 Å². The summed E-state index contributed by atoms with van der Waals surface area (Å²) in [5.74, 6) is 4.60. The lowest BCUT2D eigenvalue weighted by Crippen LogP contribution is -2.56. The lowest BCUT2D eigenvalue weighted by molar-refractivity contribution is -0.229. The first-order valence-corrected chi connectivity index (χ1v) is 13.9. The maximum atomic E-state index is 7.00. The van der Waals surface area contributed by atoms with Gasteiger partial charge in [0.15, 0.2) is 5.79 Å². The molecule has 3 heteroatoms. The standard InChI is InChI=1S/C28H44O2.CH4O/c1-26-14-13-25-23(24(26)12-10-21(26)6-4-3-5-20-7-8-20)11-9-22-19-28(29-17-18-30-28)16-15-27(22,25)2;1-2/h5,21-25H,3-4,6-19H2,1-2H3;2H,1H3/t21?,22-,23?,24?,25?,26?,27?;/m0./s1. The van der Waals surface area contributed by atoms with Crippen molar-refractivity contribution in [2.24, 2.45) is 40.4 Å². The minimum atomic E-state index is -0.200. The first kappa shape index (κ1) is 23.4. The molecule has 1 saturated heterocycles. The Kier molecular flexibility index (Phi) is 6.58. The molecule has 1 aliphatic heterocycles. The van der Waals surface area contributed by atoms with E-state index in [1.807, 2.05) is 0 Å². The van der Waals surface area contributed by atoms with E-state index in [4.69, 9.17) is 14.6 Å². The van der Waals surface area contributed by atoms with E-state index in [-0.39, 0.29) is 5.79 Å². The smallest absolute Gasteiger partial charge is 0.168 e. The second-order valence-corrected chi connectivity index (χ2v) is 12.6. The lowest BCUT2D eigenvalue weighted by Gasteiger charge is -2.62. The van der Waals surface area contributed by atoms with Crippen LogP contribution in [0.25, 0.3) is 0 Å². The van der Waals surface area contributed by atoms with Crippen molar-refractivity contribution in [1.29, 1.82) is 0 Å². The average molecular weight is 445 g/mol. The summed E-state index contributed by atoms with van der Waals surface area (Å²) in [5.41, 5.74) is 2.92. The van der Waals surface area contributed by atoms with Crippen molar-refractivity contribution in [3.05, 3.63) is 11.6 Å². The van der Waals surface area contributed by atoms with Gasteiger partial charge in [-0.2, -0.15) is 0 Å². The fourth-order valence-corrected chi connectivity index (χ4v) is 9.49. The number of aliphatic hydroxyl groups is 1. The van der Waals surface area contributed by atoms with E-state index in [0.29, 0.717) is 10.8 Å². The third kappa shape index (κ3) is 3.93. The van der Waals surface area contributed by atoms with Crippen LogP contribution >= 0.6 is 0 Å². The SMILES string of the molecule is CC12CCC3C(CC[C@H]4CC5(CCC34C)OCCO5)C1CCC2CCCC=C1CC1.CO. The first-order valence-electron chi connectivity index (χ1n) is 13.9. The van der Waals surface area contributed by atoms with Crippen molar-refractivity contribution in [3.8, 4) is 0 Å². The number of aliphatic hydroxyl groups excluding tert-OH is 1. The molecular formula is C29H48O3. The zero-order chi connectivity index (χ0) is 22.4. The van der Waals surface area contributed by atoms with Crippen LogP contribution in [-0.2, 0) is 9.47 Å². The molecule has 7 atom stereocenters. The summed E-state index contributed by atoms with van der Waals surface area (Å²) in [5, 5.41) is 7.00. The van der Waals surface area contributed by atoms with Crippen molar-refractivity contribution >= 4 is 0 Å². The molecule has 0 aromatic heterocycles. The molecule has 6 rings (SSSR count). The molecule has 6 unspecified atom stereocenters. The van der Waals surface area contributed by atoms with Crippen LogP contribution in [0.3, 0.4) is 0 Å². The number of ether oxygens (including phenoxy) is 2. The Morgan fingerprint density at radius 1 is 0.875 bits per heavy atom. The summed E-state index contributed by atoms with van der Waals surface area (Å²) in [6, 6.07) is 0. The van der Waals surface area contributed by atoms with Crippen LogP contribution in [0, 0.1) is 40.4 Å². The number of unbranched alkanes of at least 4 members (excludes halogenated alkanes) is 1. The van der Waals surface area contributed by atoms with Crippen molar-refractivity contribution < 1.29 is 14.6 Å². The van der Waals surface area contributed by atoms with E-state index in [9.17, 15) is 0 Å². The summed E-state index contributed by atoms with van der Waals surface area (Å²) in [6.45, 7) is 7.02. The van der Waals surface area contributed by atoms with Crippen molar-refractivity contribution in [2.45, 2.75) is 110 Å². The van der Waals surface area contributed by atoms with Crippen LogP contribution in [-0.4, -0.2) is 31.2 Å². The Morgan fingerprint density at radius 3 is 2.38 bits per heavy atom. The normalized spacial score (nSPS) is 46.0. The number of hydrogen-bond donors (Lipinski definition) is 1. The summed E-state index contributed by atoms with van der Waals surface area (Å²) in [7, 11) is 1.00. The van der Waals surface area contributed by atoms with Crippen LogP contribution in [0.2, 0.25) is 0 Å². The molecular weight excluding hydrogens is 396 g/mol. The number of fused-ring (bicyclic) bond motifs is 5. The molecule has 6 fully saturated rings. The molecule has 1 spiro atoms. The maximum Gasteiger partial charge on any atom is 0.168 e. The second-order valence-electron chi connectivity index (χ2n) is 12.6. The first-order chi connectivity index (χ1) is 15.5. The van der Waals surface area contributed by atoms with E-state index < -0.39 is 0 Å². The molecule has 0 bridgehead atoms. The Morgan fingerprint density at radius 2 is 1.62 bits per heavy atom. The van der Waals surface area contributed by atoms with Gasteiger partial charge in [0.1, 0.15) is 0 Å². The van der Waals surface area contributed by atoms with Gasteiger partial charge in [-0.05, 0) is 117 Å². The van der Waals surface area contributed by atoms with Gasteiger partial charge in [0.05, 0.1) is 13.2 Å². The van der Waals surface area contributed by atoms with Crippen LogP contribution < -0.4 is 0 Å². The molecule has 5 saturated carbocycles. The zero-order valence-corrected chi connectivity index (χ0v) is 21.0. The molecule has 5 aliphatic carbocycles. The van der Waals surface area contributed by atoms with Crippen LogP contribution in [0.5, 0.6) is 0 Å². The summed E-state index contributed by atoms with van der Waals surface area (Å²) >= 11 is 0. The number of rotatable bonds is 4. The van der Waals surface area contributed by atoms with Gasteiger partial charge in [0.25, 0.3) is 0 Å². The average Bonchev–Trinajstić information content (AvgIpc) is 3.42. The largest absolute Gasteiger partial charge is 0.400 e. The summed E-state index contributed by atoms with van der Waals surface area (Å²) in [4.78, 5) is 0. The maximum absolute atomic E-state index is 7.00. The topological polar surface area (TPSA) is 38.7 Å². The van der Waals surface area contributed by atoms with E-state index in [1.165, 1.54) is 83.5 Å². The molecule has 0 aromatic rings. The molecule has 32 heavy (non-hydrogen) atoms.